The van der Waals surface area contributed by atoms with E-state index in [0.29, 0.717) is 23.1 Å². The summed E-state index contributed by atoms with van der Waals surface area (Å²) >= 11 is 6.03. The molecule has 0 atom stereocenters. The predicted octanol–water partition coefficient (Wildman–Crippen LogP) is 3.78. The Hall–Kier alpha value is -1.65. The number of pyridine rings is 1. The summed E-state index contributed by atoms with van der Waals surface area (Å²) in [5.74, 6) is 0.0432. The summed E-state index contributed by atoms with van der Waals surface area (Å²) < 4.78 is 18.9. The van der Waals surface area contributed by atoms with E-state index in [9.17, 15) is 4.39 Å². The Kier molecular flexibility index (Phi) is 4.71. The van der Waals surface area contributed by atoms with Crippen LogP contribution in [0.25, 0.3) is 0 Å². The summed E-state index contributed by atoms with van der Waals surface area (Å²) in [6, 6.07) is 9.50. The lowest BCUT2D eigenvalue weighted by molar-refractivity contribution is 0.425. The third kappa shape index (κ3) is 3.66. The van der Waals surface area contributed by atoms with Gasteiger partial charge < -0.3 is 10.1 Å². The van der Waals surface area contributed by atoms with Crippen LogP contribution < -0.4 is 10.1 Å². The Morgan fingerprint density at radius 3 is 2.79 bits per heavy atom. The predicted molar refractivity (Wildman–Crippen MR) is 73.1 cm³/mol. The standard InChI is InChI=1S/C14H14ClFN2O/c1-2-17-9-12-10(15)7-8-14(18-12)19-13-6-4-3-5-11(13)16/h3-8,17H,2,9H2,1H3. The van der Waals surface area contributed by atoms with Gasteiger partial charge in [-0.05, 0) is 24.7 Å². The van der Waals surface area contributed by atoms with Crippen LogP contribution in [0.15, 0.2) is 36.4 Å². The summed E-state index contributed by atoms with van der Waals surface area (Å²) in [5, 5.41) is 3.69. The van der Waals surface area contributed by atoms with Crippen molar-refractivity contribution in [3.63, 3.8) is 0 Å². The van der Waals surface area contributed by atoms with Gasteiger partial charge in [-0.1, -0.05) is 30.7 Å². The van der Waals surface area contributed by atoms with Gasteiger partial charge in [0.05, 0.1) is 10.7 Å². The fourth-order valence-corrected chi connectivity index (χ4v) is 1.70. The van der Waals surface area contributed by atoms with E-state index in [1.54, 1.807) is 30.3 Å². The molecule has 3 nitrogen and oxygen atoms in total. The molecule has 0 saturated carbocycles. The minimum Gasteiger partial charge on any atom is -0.436 e. The molecule has 100 valence electrons. The molecular weight excluding hydrogens is 267 g/mol. The second-order valence-corrected chi connectivity index (χ2v) is 4.30. The van der Waals surface area contributed by atoms with Crippen LogP contribution in [-0.2, 0) is 6.54 Å². The van der Waals surface area contributed by atoms with Crippen LogP contribution in [0.3, 0.4) is 0 Å². The van der Waals surface area contributed by atoms with Gasteiger partial charge in [-0.15, -0.1) is 0 Å². The van der Waals surface area contributed by atoms with Crippen molar-refractivity contribution in [1.29, 1.82) is 0 Å². The van der Waals surface area contributed by atoms with Gasteiger partial charge in [0.25, 0.3) is 0 Å². The first-order valence-corrected chi connectivity index (χ1v) is 6.37. The van der Waals surface area contributed by atoms with Crippen molar-refractivity contribution >= 4 is 11.6 Å². The van der Waals surface area contributed by atoms with E-state index in [-0.39, 0.29) is 5.75 Å². The van der Waals surface area contributed by atoms with Crippen LogP contribution in [-0.4, -0.2) is 11.5 Å². The zero-order valence-corrected chi connectivity index (χ0v) is 11.2. The molecule has 0 radical (unpaired) electrons. The molecule has 2 rings (SSSR count). The third-order valence-corrected chi connectivity index (χ3v) is 2.83. The highest BCUT2D eigenvalue weighted by Crippen LogP contribution is 2.25. The van der Waals surface area contributed by atoms with E-state index in [2.05, 4.69) is 10.3 Å². The molecule has 0 aliphatic carbocycles. The quantitative estimate of drug-likeness (QED) is 0.905. The summed E-state index contributed by atoms with van der Waals surface area (Å²) in [5.41, 5.74) is 0.678. The monoisotopic (exact) mass is 280 g/mol. The molecule has 0 aliphatic heterocycles. The highest BCUT2D eigenvalue weighted by atomic mass is 35.5. The molecule has 5 heteroatoms. The van der Waals surface area contributed by atoms with Crippen molar-refractivity contribution in [3.8, 4) is 11.6 Å². The SMILES string of the molecule is CCNCc1nc(Oc2ccccc2F)ccc1Cl. The van der Waals surface area contributed by atoms with Gasteiger partial charge >= 0.3 is 0 Å². The molecule has 1 aromatic heterocycles. The minimum absolute atomic E-state index is 0.145. The Morgan fingerprint density at radius 2 is 2.05 bits per heavy atom. The molecule has 19 heavy (non-hydrogen) atoms. The molecule has 0 spiro atoms. The van der Waals surface area contributed by atoms with Crippen molar-refractivity contribution in [2.45, 2.75) is 13.5 Å². The first-order chi connectivity index (χ1) is 9.20. The zero-order valence-electron chi connectivity index (χ0n) is 10.5. The van der Waals surface area contributed by atoms with E-state index in [1.165, 1.54) is 6.07 Å². The highest BCUT2D eigenvalue weighted by Gasteiger charge is 2.07. The lowest BCUT2D eigenvalue weighted by Crippen LogP contribution is -2.13. The Balaban J connectivity index is 2.19. The number of benzene rings is 1. The fraction of sp³-hybridized carbons (Fsp3) is 0.214. The summed E-state index contributed by atoms with van der Waals surface area (Å²) in [6.45, 7) is 3.35. The van der Waals surface area contributed by atoms with Crippen molar-refractivity contribution in [2.75, 3.05) is 6.54 Å². The molecule has 1 heterocycles. The van der Waals surface area contributed by atoms with E-state index in [0.717, 1.165) is 6.54 Å². The average Bonchev–Trinajstić information content (AvgIpc) is 2.42. The maximum atomic E-state index is 13.5. The van der Waals surface area contributed by atoms with Crippen LogP contribution in [0.1, 0.15) is 12.6 Å². The van der Waals surface area contributed by atoms with E-state index in [4.69, 9.17) is 16.3 Å². The number of para-hydroxylation sites is 1. The first kappa shape index (κ1) is 13.8. The van der Waals surface area contributed by atoms with Crippen LogP contribution in [0.2, 0.25) is 5.02 Å². The van der Waals surface area contributed by atoms with Crippen LogP contribution >= 0.6 is 11.6 Å². The number of rotatable bonds is 5. The molecule has 0 saturated heterocycles. The van der Waals surface area contributed by atoms with Gasteiger partial charge in [-0.3, -0.25) is 0 Å². The number of ether oxygens (including phenoxy) is 1. The Bertz CT molecular complexity index is 563. The van der Waals surface area contributed by atoms with Gasteiger partial charge in [0.15, 0.2) is 11.6 Å². The number of halogens is 2. The molecular formula is C14H14ClFN2O. The van der Waals surface area contributed by atoms with E-state index in [1.807, 2.05) is 6.92 Å². The fourth-order valence-electron chi connectivity index (χ4n) is 1.53. The van der Waals surface area contributed by atoms with Crippen molar-refractivity contribution in [2.24, 2.45) is 0 Å². The molecule has 0 amide bonds. The van der Waals surface area contributed by atoms with Gasteiger partial charge in [0, 0.05) is 12.6 Å². The van der Waals surface area contributed by atoms with E-state index < -0.39 is 5.82 Å². The topological polar surface area (TPSA) is 34.2 Å². The van der Waals surface area contributed by atoms with Crippen LogP contribution in [0, 0.1) is 5.82 Å². The Morgan fingerprint density at radius 1 is 1.26 bits per heavy atom. The molecule has 0 unspecified atom stereocenters. The molecule has 0 bridgehead atoms. The third-order valence-electron chi connectivity index (χ3n) is 2.49. The normalized spacial score (nSPS) is 10.5. The van der Waals surface area contributed by atoms with Crippen molar-refractivity contribution in [1.82, 2.24) is 10.3 Å². The summed E-state index contributed by atoms with van der Waals surface area (Å²) in [6.07, 6.45) is 0. The first-order valence-electron chi connectivity index (χ1n) is 5.99. The lowest BCUT2D eigenvalue weighted by atomic mass is 10.3. The number of aromatic nitrogens is 1. The minimum atomic E-state index is -0.424. The second-order valence-electron chi connectivity index (χ2n) is 3.89. The number of nitrogens with zero attached hydrogens (tertiary/aromatic N) is 1. The molecule has 1 aromatic carbocycles. The highest BCUT2D eigenvalue weighted by molar-refractivity contribution is 6.31. The van der Waals surface area contributed by atoms with Gasteiger partial charge in [-0.2, -0.15) is 0 Å². The number of hydrogen-bond acceptors (Lipinski definition) is 3. The van der Waals surface area contributed by atoms with Crippen molar-refractivity contribution < 1.29 is 9.13 Å². The molecule has 2 aromatic rings. The summed E-state index contributed by atoms with van der Waals surface area (Å²) in [4.78, 5) is 4.26. The zero-order chi connectivity index (χ0) is 13.7. The number of nitrogens with one attached hydrogen (secondary N) is 1. The van der Waals surface area contributed by atoms with Gasteiger partial charge in [-0.25, -0.2) is 9.37 Å². The number of hydrogen-bond donors (Lipinski definition) is 1. The second kappa shape index (κ2) is 6.50. The lowest BCUT2D eigenvalue weighted by Gasteiger charge is -2.09. The molecule has 1 N–H and O–H groups in total. The van der Waals surface area contributed by atoms with Gasteiger partial charge in [0.1, 0.15) is 0 Å². The average molecular weight is 281 g/mol. The maximum absolute atomic E-state index is 13.5. The largest absolute Gasteiger partial charge is 0.436 e. The molecule has 0 fully saturated rings. The maximum Gasteiger partial charge on any atom is 0.219 e. The summed E-state index contributed by atoms with van der Waals surface area (Å²) in [7, 11) is 0. The molecule has 0 aliphatic rings. The van der Waals surface area contributed by atoms with Crippen LogP contribution in [0.5, 0.6) is 11.6 Å². The Labute approximate surface area is 116 Å². The smallest absolute Gasteiger partial charge is 0.219 e. The van der Waals surface area contributed by atoms with Gasteiger partial charge in [0.2, 0.25) is 5.88 Å². The van der Waals surface area contributed by atoms with Crippen LogP contribution in [0.4, 0.5) is 4.39 Å². The van der Waals surface area contributed by atoms with E-state index >= 15 is 0 Å². The van der Waals surface area contributed by atoms with Crippen molar-refractivity contribution in [3.05, 3.63) is 52.9 Å².